The van der Waals surface area contributed by atoms with E-state index < -0.39 is 5.54 Å². The lowest BCUT2D eigenvalue weighted by Crippen LogP contribution is -2.48. The number of carbonyl (C=O) groups excluding carboxylic acids is 1. The Labute approximate surface area is 123 Å². The Morgan fingerprint density at radius 2 is 2.00 bits per heavy atom. The van der Waals surface area contributed by atoms with Gasteiger partial charge < -0.3 is 15.7 Å². The smallest absolute Gasteiger partial charge is 0.319 e. The number of aromatic nitrogens is 2. The first-order chi connectivity index (χ1) is 9.91. The monoisotopic (exact) mass is 288 g/mol. The topological polar surface area (TPSA) is 79.2 Å². The minimum atomic E-state index is -0.681. The Balaban J connectivity index is 2.20. The van der Waals surface area contributed by atoms with Gasteiger partial charge in [-0.2, -0.15) is 5.10 Å². The SMILES string of the molecule is Cn1cc(NC(=O)NC(C)(C)CO)c(-c2ccccc2)n1. The molecule has 6 nitrogen and oxygen atoms in total. The average molecular weight is 288 g/mol. The van der Waals surface area contributed by atoms with Crippen molar-refractivity contribution >= 4 is 11.7 Å². The highest BCUT2D eigenvalue weighted by atomic mass is 16.3. The molecule has 1 aromatic carbocycles. The van der Waals surface area contributed by atoms with Crippen molar-refractivity contribution in [1.29, 1.82) is 0 Å². The molecule has 0 aliphatic rings. The maximum absolute atomic E-state index is 12.0. The summed E-state index contributed by atoms with van der Waals surface area (Å²) in [4.78, 5) is 12.0. The van der Waals surface area contributed by atoms with E-state index in [9.17, 15) is 9.90 Å². The van der Waals surface area contributed by atoms with E-state index in [1.165, 1.54) is 0 Å². The first-order valence-corrected chi connectivity index (χ1v) is 6.70. The molecular weight excluding hydrogens is 268 g/mol. The van der Waals surface area contributed by atoms with Crippen LogP contribution in [0.5, 0.6) is 0 Å². The molecular formula is C15H20N4O2. The summed E-state index contributed by atoms with van der Waals surface area (Å²) in [6.07, 6.45) is 1.74. The van der Waals surface area contributed by atoms with Crippen LogP contribution in [0.15, 0.2) is 36.5 Å². The highest BCUT2D eigenvalue weighted by Gasteiger charge is 2.20. The first-order valence-electron chi connectivity index (χ1n) is 6.70. The van der Waals surface area contributed by atoms with Crippen LogP contribution >= 0.6 is 0 Å². The molecule has 6 heteroatoms. The zero-order valence-corrected chi connectivity index (χ0v) is 12.4. The molecule has 3 N–H and O–H groups in total. The van der Waals surface area contributed by atoms with Crippen LogP contribution in [0.3, 0.4) is 0 Å². The van der Waals surface area contributed by atoms with Gasteiger partial charge in [0.1, 0.15) is 5.69 Å². The fraction of sp³-hybridized carbons (Fsp3) is 0.333. The van der Waals surface area contributed by atoms with Crippen LogP contribution in [0, 0.1) is 0 Å². The van der Waals surface area contributed by atoms with Gasteiger partial charge in [-0.1, -0.05) is 30.3 Å². The minimum Gasteiger partial charge on any atom is -0.394 e. The normalized spacial score (nSPS) is 11.2. The molecule has 2 aromatic rings. The minimum absolute atomic E-state index is 0.140. The van der Waals surface area contributed by atoms with Crippen LogP contribution in [0.4, 0.5) is 10.5 Å². The summed E-state index contributed by atoms with van der Waals surface area (Å²) in [7, 11) is 1.80. The number of amides is 2. The van der Waals surface area contributed by atoms with Crippen molar-refractivity contribution in [3.05, 3.63) is 36.5 Å². The Hall–Kier alpha value is -2.34. The number of benzene rings is 1. The van der Waals surface area contributed by atoms with E-state index in [1.54, 1.807) is 31.8 Å². The zero-order valence-electron chi connectivity index (χ0n) is 12.4. The lowest BCUT2D eigenvalue weighted by Gasteiger charge is -2.23. The molecule has 2 rings (SSSR count). The summed E-state index contributed by atoms with van der Waals surface area (Å²) in [6.45, 7) is 3.35. The third-order valence-corrected chi connectivity index (χ3v) is 2.97. The molecule has 2 amide bonds. The number of nitrogens with zero attached hydrogens (tertiary/aromatic N) is 2. The van der Waals surface area contributed by atoms with Gasteiger partial charge in [0, 0.05) is 18.8 Å². The second kappa shape index (κ2) is 5.97. The number of aryl methyl sites for hydroxylation is 1. The van der Waals surface area contributed by atoms with Crippen LogP contribution in [-0.4, -0.2) is 33.1 Å². The van der Waals surface area contributed by atoms with Gasteiger partial charge in [0.15, 0.2) is 0 Å². The van der Waals surface area contributed by atoms with Crippen molar-refractivity contribution in [2.24, 2.45) is 7.05 Å². The van der Waals surface area contributed by atoms with Gasteiger partial charge in [-0.05, 0) is 13.8 Å². The number of carbonyl (C=O) groups is 1. The van der Waals surface area contributed by atoms with E-state index in [2.05, 4.69) is 15.7 Å². The maximum atomic E-state index is 12.0. The van der Waals surface area contributed by atoms with Crippen LogP contribution in [0.25, 0.3) is 11.3 Å². The van der Waals surface area contributed by atoms with Crippen LogP contribution in [-0.2, 0) is 7.05 Å². The van der Waals surface area contributed by atoms with E-state index in [0.717, 1.165) is 5.56 Å². The van der Waals surface area contributed by atoms with E-state index in [4.69, 9.17) is 0 Å². The summed E-state index contributed by atoms with van der Waals surface area (Å²) < 4.78 is 1.65. The molecule has 0 radical (unpaired) electrons. The molecule has 0 saturated carbocycles. The number of hydrogen-bond donors (Lipinski definition) is 3. The molecule has 0 bridgehead atoms. The Bertz CT molecular complexity index is 620. The van der Waals surface area contributed by atoms with Crippen molar-refractivity contribution in [3.8, 4) is 11.3 Å². The third kappa shape index (κ3) is 3.82. The number of hydrogen-bond acceptors (Lipinski definition) is 3. The Morgan fingerprint density at radius 3 is 2.62 bits per heavy atom. The number of rotatable bonds is 4. The molecule has 112 valence electrons. The summed E-state index contributed by atoms with van der Waals surface area (Å²) in [5.41, 5.74) is 1.57. The lowest BCUT2D eigenvalue weighted by atomic mass is 10.1. The van der Waals surface area contributed by atoms with Crippen molar-refractivity contribution < 1.29 is 9.90 Å². The van der Waals surface area contributed by atoms with Crippen molar-refractivity contribution in [1.82, 2.24) is 15.1 Å². The summed E-state index contributed by atoms with van der Waals surface area (Å²) >= 11 is 0. The standard InChI is InChI=1S/C15H20N4O2/c1-15(2,10-20)17-14(21)16-12-9-19(3)18-13(12)11-7-5-4-6-8-11/h4-9,20H,10H2,1-3H3,(H2,16,17,21). The largest absolute Gasteiger partial charge is 0.394 e. The summed E-state index contributed by atoms with van der Waals surface area (Å²) in [5.74, 6) is 0. The predicted molar refractivity (Wildman–Crippen MR) is 82.0 cm³/mol. The highest BCUT2D eigenvalue weighted by Crippen LogP contribution is 2.25. The number of anilines is 1. The zero-order chi connectivity index (χ0) is 15.5. The van der Waals surface area contributed by atoms with Gasteiger partial charge in [-0.15, -0.1) is 0 Å². The van der Waals surface area contributed by atoms with E-state index in [-0.39, 0.29) is 12.6 Å². The van der Waals surface area contributed by atoms with Crippen molar-refractivity contribution in [2.75, 3.05) is 11.9 Å². The van der Waals surface area contributed by atoms with Crippen LogP contribution in [0.2, 0.25) is 0 Å². The number of aliphatic hydroxyl groups is 1. The van der Waals surface area contributed by atoms with Crippen LogP contribution in [0.1, 0.15) is 13.8 Å². The van der Waals surface area contributed by atoms with Gasteiger partial charge in [0.2, 0.25) is 0 Å². The van der Waals surface area contributed by atoms with Gasteiger partial charge >= 0.3 is 6.03 Å². The fourth-order valence-electron chi connectivity index (χ4n) is 1.89. The molecule has 0 fully saturated rings. The molecule has 21 heavy (non-hydrogen) atoms. The molecule has 0 atom stereocenters. The molecule has 0 aliphatic heterocycles. The van der Waals surface area contributed by atoms with Crippen molar-refractivity contribution in [3.63, 3.8) is 0 Å². The summed E-state index contributed by atoms with van der Waals surface area (Å²) in [5, 5.41) is 19.0. The molecule has 0 saturated heterocycles. The number of nitrogens with one attached hydrogen (secondary N) is 2. The maximum Gasteiger partial charge on any atom is 0.319 e. The Morgan fingerprint density at radius 1 is 1.33 bits per heavy atom. The Kier molecular flexibility index (Phi) is 4.28. The second-order valence-corrected chi connectivity index (χ2v) is 5.55. The molecule has 0 aliphatic carbocycles. The molecule has 1 aromatic heterocycles. The lowest BCUT2D eigenvalue weighted by molar-refractivity contribution is 0.187. The number of urea groups is 1. The molecule has 0 unspecified atom stereocenters. The van der Waals surface area contributed by atoms with Gasteiger partial charge in [0.25, 0.3) is 0 Å². The third-order valence-electron chi connectivity index (χ3n) is 2.97. The average Bonchev–Trinajstić information content (AvgIpc) is 2.80. The highest BCUT2D eigenvalue weighted by molar-refractivity contribution is 5.93. The number of aliphatic hydroxyl groups excluding tert-OH is 1. The van der Waals surface area contributed by atoms with Crippen LogP contribution < -0.4 is 10.6 Å². The molecule has 0 spiro atoms. The van der Waals surface area contributed by atoms with Gasteiger partial charge in [0.05, 0.1) is 17.8 Å². The van der Waals surface area contributed by atoms with Gasteiger partial charge in [-0.3, -0.25) is 4.68 Å². The predicted octanol–water partition coefficient (Wildman–Crippen LogP) is 1.98. The quantitative estimate of drug-likeness (QED) is 0.805. The van der Waals surface area contributed by atoms with Gasteiger partial charge in [-0.25, -0.2) is 4.79 Å². The molecule has 1 heterocycles. The first kappa shape index (κ1) is 15.1. The van der Waals surface area contributed by atoms with E-state index >= 15 is 0 Å². The van der Waals surface area contributed by atoms with E-state index in [0.29, 0.717) is 11.4 Å². The summed E-state index contributed by atoms with van der Waals surface area (Å²) in [6, 6.07) is 9.26. The fourth-order valence-corrected chi connectivity index (χ4v) is 1.89. The van der Waals surface area contributed by atoms with E-state index in [1.807, 2.05) is 30.3 Å². The second-order valence-electron chi connectivity index (χ2n) is 5.55. The van der Waals surface area contributed by atoms with Crippen molar-refractivity contribution in [2.45, 2.75) is 19.4 Å².